The van der Waals surface area contributed by atoms with Crippen LogP contribution in [0.25, 0.3) is 0 Å². The van der Waals surface area contributed by atoms with Gasteiger partial charge in [0.1, 0.15) is 21.5 Å². The largest absolute Gasteiger partial charge is 0.359 e. The molecule has 2 aromatic carbocycles. The lowest BCUT2D eigenvalue weighted by molar-refractivity contribution is -0.138. The molecule has 2 unspecified atom stereocenters. The Labute approximate surface area is 208 Å². The Kier molecular flexibility index (Phi) is 8.82. The number of hydrogen-bond acceptors (Lipinski definition) is 5. The number of nitrogens with one attached hydrogen (secondary N) is 2. The van der Waals surface area contributed by atoms with E-state index in [4.69, 9.17) is 5.26 Å². The van der Waals surface area contributed by atoms with Gasteiger partial charge in [-0.3, -0.25) is 4.79 Å². The molecule has 10 heteroatoms. The van der Waals surface area contributed by atoms with Crippen LogP contribution in [0.5, 0.6) is 0 Å². The van der Waals surface area contributed by atoms with E-state index >= 15 is 0 Å². The van der Waals surface area contributed by atoms with Gasteiger partial charge in [-0.25, -0.2) is 13.8 Å². The minimum absolute atomic E-state index is 0.0199. The zero-order chi connectivity index (χ0) is 25.4. The zero-order valence-corrected chi connectivity index (χ0v) is 20.7. The second-order valence-corrected chi connectivity index (χ2v) is 9.35. The van der Waals surface area contributed by atoms with Crippen molar-refractivity contribution >= 4 is 28.7 Å². The molecule has 3 rings (SSSR count). The lowest BCUT2D eigenvalue weighted by Gasteiger charge is -2.37. The van der Waals surface area contributed by atoms with E-state index in [1.807, 2.05) is 44.2 Å². The molecule has 0 saturated carbocycles. The molecule has 0 aromatic heterocycles. The van der Waals surface area contributed by atoms with Crippen LogP contribution in [0, 0.1) is 29.0 Å². The molecular weight excluding hydrogens is 470 g/mol. The third-order valence-corrected chi connectivity index (χ3v) is 7.25. The standard InChI is InChI=1S/C25H28F2N6OS/c1-4-17(2)23(34)33-25(18-9-6-5-7-10-18,13-8-14-30-24(29-3)31-16-28)35-22(32-33)20-15-19(26)11-12-21(20)27/h5-7,9-12,15,17H,4,8,13-14H2,1-3H3,(H2,29,30,31). The smallest absolute Gasteiger partial charge is 0.247 e. The van der Waals surface area contributed by atoms with Gasteiger partial charge in [0.05, 0.1) is 0 Å². The molecule has 0 spiro atoms. The van der Waals surface area contributed by atoms with E-state index in [-0.39, 0.29) is 22.4 Å². The summed E-state index contributed by atoms with van der Waals surface area (Å²) >= 11 is 1.25. The van der Waals surface area contributed by atoms with E-state index in [1.165, 1.54) is 16.8 Å². The van der Waals surface area contributed by atoms with Gasteiger partial charge in [0.25, 0.3) is 0 Å². The molecular formula is C25H28F2N6OS. The van der Waals surface area contributed by atoms with Crippen molar-refractivity contribution < 1.29 is 13.6 Å². The molecule has 0 saturated heterocycles. The predicted octanol–water partition coefficient (Wildman–Crippen LogP) is 4.53. The molecule has 1 amide bonds. The van der Waals surface area contributed by atoms with E-state index in [1.54, 1.807) is 13.2 Å². The fourth-order valence-corrected chi connectivity index (χ4v) is 5.15. The van der Waals surface area contributed by atoms with Crippen molar-refractivity contribution in [3.63, 3.8) is 0 Å². The summed E-state index contributed by atoms with van der Waals surface area (Å²) in [5, 5.41) is 20.9. The number of amides is 1. The third kappa shape index (κ3) is 5.80. The Bertz CT molecular complexity index is 1150. The average Bonchev–Trinajstić information content (AvgIpc) is 3.27. The summed E-state index contributed by atoms with van der Waals surface area (Å²) in [4.78, 5) is 16.2. The Balaban J connectivity index is 2.02. The fraction of sp³-hybridized carbons (Fsp3) is 0.360. The topological polar surface area (TPSA) is 92.9 Å². The van der Waals surface area contributed by atoms with Gasteiger partial charge >= 0.3 is 0 Å². The fourth-order valence-electron chi connectivity index (χ4n) is 3.73. The SMILES string of the molecule is CCC(C)C(=O)N1N=C(c2cc(F)ccc2F)SC1(CCCN/C(=N\C#N)NC)c1ccccc1. The molecule has 0 fully saturated rings. The van der Waals surface area contributed by atoms with Crippen molar-refractivity contribution in [1.82, 2.24) is 15.6 Å². The van der Waals surface area contributed by atoms with Gasteiger partial charge < -0.3 is 10.6 Å². The second kappa shape index (κ2) is 11.8. The average molecular weight is 499 g/mol. The van der Waals surface area contributed by atoms with Gasteiger partial charge in [0.2, 0.25) is 18.1 Å². The summed E-state index contributed by atoms with van der Waals surface area (Å²) in [6.07, 6.45) is 3.38. The number of carbonyl (C=O) groups excluding carboxylic acids is 1. The van der Waals surface area contributed by atoms with E-state index in [0.29, 0.717) is 31.8 Å². The highest BCUT2D eigenvalue weighted by atomic mass is 32.2. The van der Waals surface area contributed by atoms with E-state index < -0.39 is 16.5 Å². The highest BCUT2D eigenvalue weighted by Gasteiger charge is 2.49. The minimum Gasteiger partial charge on any atom is -0.359 e. The van der Waals surface area contributed by atoms with Gasteiger partial charge in [0.15, 0.2) is 0 Å². The summed E-state index contributed by atoms with van der Waals surface area (Å²) in [6.45, 7) is 4.22. The van der Waals surface area contributed by atoms with Crippen LogP contribution in [-0.2, 0) is 9.67 Å². The number of hydrazone groups is 1. The second-order valence-electron chi connectivity index (χ2n) is 8.08. The Morgan fingerprint density at radius 1 is 1.29 bits per heavy atom. The third-order valence-electron chi connectivity index (χ3n) is 5.81. The number of rotatable bonds is 8. The summed E-state index contributed by atoms with van der Waals surface area (Å²) in [6, 6.07) is 12.7. The van der Waals surface area contributed by atoms with Crippen LogP contribution >= 0.6 is 11.8 Å². The van der Waals surface area contributed by atoms with E-state index in [9.17, 15) is 13.6 Å². The van der Waals surface area contributed by atoms with E-state index in [0.717, 1.165) is 23.8 Å². The summed E-state index contributed by atoms with van der Waals surface area (Å²) in [5.41, 5.74) is 0.850. The molecule has 1 heterocycles. The Morgan fingerprint density at radius 3 is 2.69 bits per heavy atom. The zero-order valence-electron chi connectivity index (χ0n) is 19.9. The van der Waals surface area contributed by atoms with E-state index in [2.05, 4.69) is 20.7 Å². The first-order valence-corrected chi connectivity index (χ1v) is 12.2. The number of guanidine groups is 1. The lowest BCUT2D eigenvalue weighted by atomic mass is 9.98. The maximum absolute atomic E-state index is 14.7. The van der Waals surface area contributed by atoms with Crippen molar-refractivity contribution in [1.29, 1.82) is 5.26 Å². The Hall–Kier alpha value is -3.45. The predicted molar refractivity (Wildman–Crippen MR) is 134 cm³/mol. The number of aliphatic imine (C=N–C) groups is 1. The first-order valence-electron chi connectivity index (χ1n) is 11.4. The molecule has 0 bridgehead atoms. The first kappa shape index (κ1) is 26.2. The molecule has 1 aliphatic heterocycles. The van der Waals surface area contributed by atoms with Crippen LogP contribution in [0.2, 0.25) is 0 Å². The van der Waals surface area contributed by atoms with Gasteiger partial charge in [-0.1, -0.05) is 55.9 Å². The van der Waals surface area contributed by atoms with Crippen LogP contribution in [0.3, 0.4) is 0 Å². The number of halogens is 2. The monoisotopic (exact) mass is 498 g/mol. The van der Waals surface area contributed by atoms with Crippen LogP contribution in [0.4, 0.5) is 8.78 Å². The molecule has 184 valence electrons. The van der Waals surface area contributed by atoms with Crippen LogP contribution in [-0.4, -0.2) is 35.5 Å². The number of nitrogens with zero attached hydrogens (tertiary/aromatic N) is 4. The van der Waals surface area contributed by atoms with Crippen LogP contribution in [0.1, 0.15) is 44.2 Å². The van der Waals surface area contributed by atoms with Crippen molar-refractivity contribution in [3.8, 4) is 6.19 Å². The van der Waals surface area contributed by atoms with Crippen molar-refractivity contribution in [2.45, 2.75) is 38.0 Å². The molecule has 2 aromatic rings. The number of carbonyl (C=O) groups is 1. The number of thioether (sulfide) groups is 1. The van der Waals surface area contributed by atoms with Crippen LogP contribution in [0.15, 0.2) is 58.6 Å². The molecule has 2 N–H and O–H groups in total. The molecule has 0 radical (unpaired) electrons. The number of hydrogen-bond donors (Lipinski definition) is 2. The first-order chi connectivity index (χ1) is 16.9. The highest BCUT2D eigenvalue weighted by molar-refractivity contribution is 8.15. The molecule has 35 heavy (non-hydrogen) atoms. The van der Waals surface area contributed by atoms with Crippen molar-refractivity contribution in [2.75, 3.05) is 13.6 Å². The molecule has 1 aliphatic rings. The summed E-state index contributed by atoms with van der Waals surface area (Å²) < 4.78 is 28.7. The van der Waals surface area contributed by atoms with Gasteiger partial charge in [-0.15, -0.1) is 4.99 Å². The number of benzene rings is 2. The van der Waals surface area contributed by atoms with Crippen molar-refractivity contribution in [2.24, 2.45) is 16.0 Å². The Morgan fingerprint density at radius 2 is 2.03 bits per heavy atom. The summed E-state index contributed by atoms with van der Waals surface area (Å²) in [5.74, 6) is -1.35. The highest BCUT2D eigenvalue weighted by Crippen LogP contribution is 2.51. The maximum atomic E-state index is 14.7. The summed E-state index contributed by atoms with van der Waals surface area (Å²) in [7, 11) is 1.65. The maximum Gasteiger partial charge on any atom is 0.247 e. The van der Waals surface area contributed by atoms with Crippen LogP contribution < -0.4 is 10.6 Å². The normalized spacial score (nSPS) is 18.6. The van der Waals surface area contributed by atoms with Gasteiger partial charge in [-0.2, -0.15) is 10.4 Å². The minimum atomic E-state index is -0.955. The van der Waals surface area contributed by atoms with Gasteiger partial charge in [-0.05, 0) is 43.0 Å². The van der Waals surface area contributed by atoms with Crippen molar-refractivity contribution in [3.05, 3.63) is 71.3 Å². The number of nitriles is 1. The molecule has 2 atom stereocenters. The van der Waals surface area contributed by atoms with Gasteiger partial charge in [0, 0.05) is 25.1 Å². The quantitative estimate of drug-likeness (QED) is 0.242. The molecule has 7 nitrogen and oxygen atoms in total. The molecule has 0 aliphatic carbocycles. The lowest BCUT2D eigenvalue weighted by Crippen LogP contribution is -2.44.